The molecule has 0 amide bonds. The number of nitrogens with zero attached hydrogens (tertiary/aromatic N) is 1. The SMILES string of the molecule is Cc1c(C2N=CNc3ccccc32)sc2ccccc12. The lowest BCUT2D eigenvalue weighted by atomic mass is 9.99. The molecular weight excluding hydrogens is 264 g/mol. The Bertz CT molecular complexity index is 817. The molecular formula is C17H14N2S. The summed E-state index contributed by atoms with van der Waals surface area (Å²) in [5.74, 6) is 0. The molecule has 2 nitrogen and oxygen atoms in total. The zero-order valence-electron chi connectivity index (χ0n) is 11.1. The third-order valence-corrected chi connectivity index (χ3v) is 5.15. The van der Waals surface area contributed by atoms with Gasteiger partial charge >= 0.3 is 0 Å². The number of benzene rings is 2. The van der Waals surface area contributed by atoms with Gasteiger partial charge in [-0.05, 0) is 30.0 Å². The summed E-state index contributed by atoms with van der Waals surface area (Å²) < 4.78 is 1.34. The van der Waals surface area contributed by atoms with Crippen molar-refractivity contribution in [1.29, 1.82) is 0 Å². The van der Waals surface area contributed by atoms with Crippen LogP contribution in [0.3, 0.4) is 0 Å². The van der Waals surface area contributed by atoms with E-state index in [4.69, 9.17) is 0 Å². The molecule has 0 bridgehead atoms. The van der Waals surface area contributed by atoms with Crippen molar-refractivity contribution >= 4 is 33.4 Å². The van der Waals surface area contributed by atoms with Crippen molar-refractivity contribution < 1.29 is 0 Å². The molecule has 1 atom stereocenters. The second-order valence-electron chi connectivity index (χ2n) is 5.00. The predicted molar refractivity (Wildman–Crippen MR) is 87.0 cm³/mol. The van der Waals surface area contributed by atoms with E-state index in [9.17, 15) is 0 Å². The molecule has 4 rings (SSSR count). The van der Waals surface area contributed by atoms with E-state index in [-0.39, 0.29) is 6.04 Å². The summed E-state index contributed by atoms with van der Waals surface area (Å²) in [6, 6.07) is 17.1. The molecule has 2 aromatic carbocycles. The van der Waals surface area contributed by atoms with E-state index in [2.05, 4.69) is 65.8 Å². The molecule has 3 aromatic rings. The maximum Gasteiger partial charge on any atom is 0.113 e. The van der Waals surface area contributed by atoms with Crippen molar-refractivity contribution in [2.45, 2.75) is 13.0 Å². The van der Waals surface area contributed by atoms with Crippen LogP contribution in [-0.4, -0.2) is 6.34 Å². The van der Waals surface area contributed by atoms with Crippen molar-refractivity contribution in [3.63, 3.8) is 0 Å². The van der Waals surface area contributed by atoms with Gasteiger partial charge < -0.3 is 5.32 Å². The number of hydrogen-bond donors (Lipinski definition) is 1. The van der Waals surface area contributed by atoms with Crippen LogP contribution in [0, 0.1) is 6.92 Å². The van der Waals surface area contributed by atoms with Crippen LogP contribution in [0.1, 0.15) is 22.0 Å². The van der Waals surface area contributed by atoms with E-state index in [0.29, 0.717) is 0 Å². The summed E-state index contributed by atoms with van der Waals surface area (Å²) in [6.07, 6.45) is 1.82. The normalized spacial score (nSPS) is 16.9. The topological polar surface area (TPSA) is 24.4 Å². The van der Waals surface area contributed by atoms with Gasteiger partial charge in [0.15, 0.2) is 0 Å². The molecule has 1 aromatic heterocycles. The van der Waals surface area contributed by atoms with Gasteiger partial charge in [0.25, 0.3) is 0 Å². The average Bonchev–Trinajstić information content (AvgIpc) is 2.84. The Kier molecular flexibility index (Phi) is 2.60. The van der Waals surface area contributed by atoms with Gasteiger partial charge in [-0.15, -0.1) is 11.3 Å². The lowest BCUT2D eigenvalue weighted by Crippen LogP contribution is -2.10. The van der Waals surface area contributed by atoms with E-state index >= 15 is 0 Å². The summed E-state index contributed by atoms with van der Waals surface area (Å²) in [5.41, 5.74) is 3.76. The molecule has 2 heterocycles. The molecule has 98 valence electrons. The van der Waals surface area contributed by atoms with Gasteiger partial charge in [0.1, 0.15) is 6.04 Å². The number of para-hydroxylation sites is 1. The van der Waals surface area contributed by atoms with Crippen molar-refractivity contribution in [1.82, 2.24) is 0 Å². The molecule has 3 heteroatoms. The van der Waals surface area contributed by atoms with E-state index < -0.39 is 0 Å². The van der Waals surface area contributed by atoms with Crippen LogP contribution in [0.4, 0.5) is 5.69 Å². The Balaban J connectivity index is 1.93. The van der Waals surface area contributed by atoms with E-state index in [1.807, 2.05) is 17.7 Å². The van der Waals surface area contributed by atoms with Crippen LogP contribution >= 0.6 is 11.3 Å². The number of aliphatic imine (C=N–C) groups is 1. The molecule has 0 saturated carbocycles. The van der Waals surface area contributed by atoms with Crippen LogP contribution < -0.4 is 5.32 Å². The number of nitrogens with one attached hydrogen (secondary N) is 1. The molecule has 0 spiro atoms. The Hall–Kier alpha value is -2.13. The molecule has 0 saturated heterocycles. The second kappa shape index (κ2) is 4.46. The van der Waals surface area contributed by atoms with Gasteiger partial charge in [-0.3, -0.25) is 4.99 Å². The first-order valence-electron chi connectivity index (χ1n) is 6.70. The quantitative estimate of drug-likeness (QED) is 0.682. The standard InChI is InChI=1S/C17H14N2S/c1-11-12-6-3-5-9-15(12)20-17(11)16-13-7-2-4-8-14(13)18-10-19-16/h2-10,16H,1H3,(H,18,19). The fraction of sp³-hybridized carbons (Fsp3) is 0.118. The fourth-order valence-corrected chi connectivity index (χ4v) is 4.07. The molecule has 1 N–H and O–H groups in total. The Morgan fingerprint density at radius 2 is 1.85 bits per heavy atom. The highest BCUT2D eigenvalue weighted by Gasteiger charge is 2.23. The van der Waals surface area contributed by atoms with Crippen LogP contribution in [0.2, 0.25) is 0 Å². The summed E-state index contributed by atoms with van der Waals surface area (Å²) in [4.78, 5) is 6.02. The van der Waals surface area contributed by atoms with Crippen molar-refractivity contribution in [3.05, 3.63) is 64.5 Å². The minimum Gasteiger partial charge on any atom is -0.346 e. The van der Waals surface area contributed by atoms with Gasteiger partial charge in [-0.25, -0.2) is 0 Å². The highest BCUT2D eigenvalue weighted by molar-refractivity contribution is 7.19. The Labute approximate surface area is 121 Å². The minimum absolute atomic E-state index is 0.116. The van der Waals surface area contributed by atoms with E-state index in [1.165, 1.54) is 26.1 Å². The largest absolute Gasteiger partial charge is 0.346 e. The van der Waals surface area contributed by atoms with Crippen molar-refractivity contribution in [2.75, 3.05) is 5.32 Å². The van der Waals surface area contributed by atoms with Gasteiger partial charge in [0.2, 0.25) is 0 Å². The van der Waals surface area contributed by atoms with Crippen LogP contribution in [0.5, 0.6) is 0 Å². The van der Waals surface area contributed by atoms with Gasteiger partial charge in [0, 0.05) is 20.8 Å². The van der Waals surface area contributed by atoms with Gasteiger partial charge in [-0.2, -0.15) is 0 Å². The summed E-state index contributed by atoms with van der Waals surface area (Å²) in [5, 5.41) is 4.57. The first-order chi connectivity index (χ1) is 9.84. The number of thiophene rings is 1. The third kappa shape index (κ3) is 1.67. The van der Waals surface area contributed by atoms with Crippen molar-refractivity contribution in [2.24, 2.45) is 4.99 Å². The molecule has 0 aliphatic carbocycles. The van der Waals surface area contributed by atoms with Gasteiger partial charge in [-0.1, -0.05) is 36.4 Å². The van der Waals surface area contributed by atoms with E-state index in [1.54, 1.807) is 0 Å². The minimum atomic E-state index is 0.116. The number of hydrogen-bond acceptors (Lipinski definition) is 3. The fourth-order valence-electron chi connectivity index (χ4n) is 2.79. The zero-order valence-corrected chi connectivity index (χ0v) is 11.9. The maximum atomic E-state index is 4.67. The number of rotatable bonds is 1. The number of aryl methyl sites for hydroxylation is 1. The number of anilines is 1. The average molecular weight is 278 g/mol. The first-order valence-corrected chi connectivity index (χ1v) is 7.51. The third-order valence-electron chi connectivity index (χ3n) is 3.83. The molecule has 0 fully saturated rings. The lowest BCUT2D eigenvalue weighted by molar-refractivity contribution is 0.885. The molecule has 20 heavy (non-hydrogen) atoms. The Morgan fingerprint density at radius 1 is 1.05 bits per heavy atom. The molecule has 1 aliphatic heterocycles. The summed E-state index contributed by atoms with van der Waals surface area (Å²) in [6.45, 7) is 2.20. The van der Waals surface area contributed by atoms with Gasteiger partial charge in [0.05, 0.1) is 6.34 Å². The van der Waals surface area contributed by atoms with Crippen LogP contribution in [-0.2, 0) is 0 Å². The summed E-state index contributed by atoms with van der Waals surface area (Å²) >= 11 is 1.85. The van der Waals surface area contributed by atoms with Crippen LogP contribution in [0.15, 0.2) is 53.5 Å². The molecule has 1 unspecified atom stereocenters. The Morgan fingerprint density at radius 3 is 2.75 bits per heavy atom. The molecule has 1 aliphatic rings. The van der Waals surface area contributed by atoms with E-state index in [0.717, 1.165) is 5.69 Å². The molecule has 0 radical (unpaired) electrons. The lowest BCUT2D eigenvalue weighted by Gasteiger charge is -2.20. The second-order valence-corrected chi connectivity index (χ2v) is 6.08. The van der Waals surface area contributed by atoms with Crippen LogP contribution in [0.25, 0.3) is 10.1 Å². The number of fused-ring (bicyclic) bond motifs is 2. The highest BCUT2D eigenvalue weighted by Crippen LogP contribution is 2.41. The zero-order chi connectivity index (χ0) is 13.5. The highest BCUT2D eigenvalue weighted by atomic mass is 32.1. The maximum absolute atomic E-state index is 4.67. The smallest absolute Gasteiger partial charge is 0.113 e. The predicted octanol–water partition coefficient (Wildman–Crippen LogP) is 4.75. The first kappa shape index (κ1) is 11.7. The van der Waals surface area contributed by atoms with Crippen molar-refractivity contribution in [3.8, 4) is 0 Å². The monoisotopic (exact) mass is 278 g/mol. The summed E-state index contributed by atoms with van der Waals surface area (Å²) in [7, 11) is 0.